The van der Waals surface area contributed by atoms with Gasteiger partial charge in [0.2, 0.25) is 0 Å². The first-order chi connectivity index (χ1) is 14.5. The third kappa shape index (κ3) is 5.99. The molecule has 32 heavy (non-hydrogen) atoms. The molecule has 0 radical (unpaired) electrons. The molecule has 0 aliphatic carbocycles. The summed E-state index contributed by atoms with van der Waals surface area (Å²) in [5, 5.41) is 0.198. The number of carbonyl (C=O) groups excluding carboxylic acids is 1. The van der Waals surface area contributed by atoms with Gasteiger partial charge in [0.05, 0.1) is 16.1 Å². The van der Waals surface area contributed by atoms with Crippen molar-refractivity contribution >= 4 is 44.9 Å². The minimum absolute atomic E-state index is 0.0526. The molecule has 0 aromatic heterocycles. The van der Waals surface area contributed by atoms with Crippen LogP contribution in [0.3, 0.4) is 0 Å². The Balaban J connectivity index is 2.59. The number of ether oxygens (including phenoxy) is 2. The van der Waals surface area contributed by atoms with E-state index in [0.29, 0.717) is 0 Å². The number of esters is 1. The van der Waals surface area contributed by atoms with Crippen LogP contribution in [-0.2, 0) is 19.6 Å². The SMILES string of the molecule is Cc1ccc(Oc2cc(Cl)ccc2N(COC(=O)C(C)(C)C)S(=O)(=O)C(F)(F)F)c(Cl)c1. The highest BCUT2D eigenvalue weighted by molar-refractivity contribution is 7.93. The number of carbonyl (C=O) groups is 1. The standard InChI is InChI=1S/C20H20Cl2F3NO5S/c1-12-5-8-16(14(22)9-12)31-17-10-13(21)6-7-15(17)26(32(28,29)20(23,24)25)11-30-18(27)19(2,3)4/h5-10H,11H2,1-4H3. The Morgan fingerprint density at radius 1 is 1.03 bits per heavy atom. The second-order valence-corrected chi connectivity index (χ2v) is 10.5. The summed E-state index contributed by atoms with van der Waals surface area (Å²) < 4.78 is 75.2. The summed E-state index contributed by atoms with van der Waals surface area (Å²) in [4.78, 5) is 12.1. The minimum Gasteiger partial charge on any atom is -0.454 e. The van der Waals surface area contributed by atoms with Crippen LogP contribution in [0.1, 0.15) is 26.3 Å². The Kier molecular flexibility index (Phi) is 7.63. The zero-order valence-electron chi connectivity index (χ0n) is 17.5. The summed E-state index contributed by atoms with van der Waals surface area (Å²) in [6.07, 6.45) is 0. The molecule has 0 atom stereocenters. The van der Waals surface area contributed by atoms with Gasteiger partial charge in [-0.3, -0.25) is 4.79 Å². The predicted octanol–water partition coefficient (Wildman–Crippen LogP) is 6.30. The number of rotatable bonds is 6. The van der Waals surface area contributed by atoms with Gasteiger partial charge in [0.1, 0.15) is 5.75 Å². The highest BCUT2D eigenvalue weighted by atomic mass is 35.5. The summed E-state index contributed by atoms with van der Waals surface area (Å²) in [5.74, 6) is -1.20. The Bertz CT molecular complexity index is 1120. The van der Waals surface area contributed by atoms with Crippen molar-refractivity contribution in [2.45, 2.75) is 33.2 Å². The van der Waals surface area contributed by atoms with Crippen LogP contribution in [0.25, 0.3) is 0 Å². The molecular weight excluding hydrogens is 494 g/mol. The van der Waals surface area contributed by atoms with Crippen molar-refractivity contribution in [2.75, 3.05) is 11.0 Å². The third-order valence-corrected chi connectivity index (χ3v) is 6.00. The van der Waals surface area contributed by atoms with Gasteiger partial charge in [-0.05, 0) is 57.5 Å². The number of aryl methyl sites for hydroxylation is 1. The summed E-state index contributed by atoms with van der Waals surface area (Å²) in [6, 6.07) is 7.96. The Morgan fingerprint density at radius 3 is 2.19 bits per heavy atom. The average molecular weight is 514 g/mol. The van der Waals surface area contributed by atoms with E-state index in [1.54, 1.807) is 19.1 Å². The Labute approximate surface area is 193 Å². The van der Waals surface area contributed by atoms with Crippen molar-refractivity contribution < 1.29 is 35.9 Å². The van der Waals surface area contributed by atoms with E-state index >= 15 is 0 Å². The molecule has 0 heterocycles. The fourth-order valence-electron chi connectivity index (χ4n) is 2.31. The van der Waals surface area contributed by atoms with Crippen LogP contribution in [-0.4, -0.2) is 26.6 Å². The van der Waals surface area contributed by atoms with Crippen LogP contribution in [0.4, 0.5) is 18.9 Å². The monoisotopic (exact) mass is 513 g/mol. The number of anilines is 1. The predicted molar refractivity (Wildman–Crippen MR) is 116 cm³/mol. The summed E-state index contributed by atoms with van der Waals surface area (Å²) in [5.41, 5.74) is -6.52. The topological polar surface area (TPSA) is 72.9 Å². The molecule has 0 spiro atoms. The van der Waals surface area contributed by atoms with Crippen molar-refractivity contribution in [1.82, 2.24) is 0 Å². The molecule has 0 aliphatic heterocycles. The number of hydrogen-bond donors (Lipinski definition) is 0. The second kappa shape index (κ2) is 9.36. The van der Waals surface area contributed by atoms with Gasteiger partial charge in [-0.1, -0.05) is 29.3 Å². The van der Waals surface area contributed by atoms with Gasteiger partial charge in [0.25, 0.3) is 0 Å². The second-order valence-electron chi connectivity index (χ2n) is 7.76. The number of halogens is 5. The Hall–Kier alpha value is -2.17. The Morgan fingerprint density at radius 2 is 1.66 bits per heavy atom. The lowest BCUT2D eigenvalue weighted by Crippen LogP contribution is -2.43. The number of benzene rings is 2. The van der Waals surface area contributed by atoms with E-state index in [0.717, 1.165) is 17.7 Å². The fourth-order valence-corrected chi connectivity index (χ4v) is 3.60. The quantitative estimate of drug-likeness (QED) is 0.334. The van der Waals surface area contributed by atoms with E-state index in [1.807, 2.05) is 0 Å². The number of nitrogens with zero attached hydrogens (tertiary/aromatic N) is 1. The summed E-state index contributed by atoms with van der Waals surface area (Å²) >= 11 is 12.1. The van der Waals surface area contributed by atoms with Gasteiger partial charge in [-0.15, -0.1) is 0 Å². The zero-order valence-corrected chi connectivity index (χ0v) is 19.8. The van der Waals surface area contributed by atoms with Gasteiger partial charge in [0.15, 0.2) is 12.5 Å². The molecule has 176 valence electrons. The molecular formula is C20H20Cl2F3NO5S. The van der Waals surface area contributed by atoms with Crippen molar-refractivity contribution in [3.05, 3.63) is 52.0 Å². The molecule has 0 saturated carbocycles. The summed E-state index contributed by atoms with van der Waals surface area (Å²) in [7, 11) is -5.98. The lowest BCUT2D eigenvalue weighted by molar-refractivity contribution is -0.152. The molecule has 0 bridgehead atoms. The lowest BCUT2D eigenvalue weighted by Gasteiger charge is -2.28. The highest BCUT2D eigenvalue weighted by Crippen LogP contribution is 2.41. The molecule has 6 nitrogen and oxygen atoms in total. The van der Waals surface area contributed by atoms with Gasteiger partial charge in [0, 0.05) is 11.1 Å². The van der Waals surface area contributed by atoms with Crippen LogP contribution < -0.4 is 9.04 Å². The maximum absolute atomic E-state index is 13.4. The van der Waals surface area contributed by atoms with Crippen LogP contribution >= 0.6 is 23.2 Å². The van der Waals surface area contributed by atoms with Crippen molar-refractivity contribution in [3.8, 4) is 11.5 Å². The molecule has 12 heteroatoms. The molecule has 0 saturated heterocycles. The van der Waals surface area contributed by atoms with Crippen LogP contribution in [0.15, 0.2) is 36.4 Å². The smallest absolute Gasteiger partial charge is 0.454 e. The molecule has 0 amide bonds. The molecule has 2 aromatic rings. The molecule has 2 aromatic carbocycles. The van der Waals surface area contributed by atoms with E-state index in [1.165, 1.54) is 32.9 Å². The minimum atomic E-state index is -5.98. The van der Waals surface area contributed by atoms with Crippen LogP contribution in [0.5, 0.6) is 11.5 Å². The summed E-state index contributed by atoms with van der Waals surface area (Å²) in [6.45, 7) is 4.93. The molecule has 0 N–H and O–H groups in total. The van der Waals surface area contributed by atoms with Gasteiger partial charge in [-0.2, -0.15) is 21.6 Å². The van der Waals surface area contributed by atoms with Crippen molar-refractivity contribution in [1.29, 1.82) is 0 Å². The van der Waals surface area contributed by atoms with Gasteiger partial charge < -0.3 is 9.47 Å². The third-order valence-electron chi connectivity index (χ3n) is 4.01. The maximum Gasteiger partial charge on any atom is 0.516 e. The fraction of sp³-hybridized carbons (Fsp3) is 0.350. The first-order valence-electron chi connectivity index (χ1n) is 9.04. The van der Waals surface area contributed by atoms with E-state index in [4.69, 9.17) is 32.7 Å². The van der Waals surface area contributed by atoms with Crippen LogP contribution in [0, 0.1) is 12.3 Å². The van der Waals surface area contributed by atoms with Gasteiger partial charge >= 0.3 is 21.5 Å². The van der Waals surface area contributed by atoms with Gasteiger partial charge in [-0.25, -0.2) is 4.31 Å². The lowest BCUT2D eigenvalue weighted by atomic mass is 9.98. The largest absolute Gasteiger partial charge is 0.516 e. The number of sulfonamides is 1. The number of alkyl halides is 3. The maximum atomic E-state index is 13.4. The van der Waals surface area contributed by atoms with Crippen LogP contribution in [0.2, 0.25) is 10.0 Å². The molecule has 0 unspecified atom stereocenters. The van der Waals surface area contributed by atoms with E-state index in [-0.39, 0.29) is 25.8 Å². The van der Waals surface area contributed by atoms with E-state index in [9.17, 15) is 26.4 Å². The molecule has 0 fully saturated rings. The highest BCUT2D eigenvalue weighted by Gasteiger charge is 2.51. The normalized spacial score (nSPS) is 12.4. The first-order valence-corrected chi connectivity index (χ1v) is 11.2. The molecule has 2 rings (SSSR count). The molecule has 0 aliphatic rings. The van der Waals surface area contributed by atoms with Crippen molar-refractivity contribution in [2.24, 2.45) is 5.41 Å². The average Bonchev–Trinajstić information content (AvgIpc) is 2.63. The van der Waals surface area contributed by atoms with E-state index in [2.05, 4.69) is 0 Å². The van der Waals surface area contributed by atoms with E-state index < -0.39 is 39.3 Å². The number of hydrogen-bond acceptors (Lipinski definition) is 5. The van der Waals surface area contributed by atoms with Crippen molar-refractivity contribution in [3.63, 3.8) is 0 Å². The first kappa shape index (κ1) is 26.1. The zero-order chi connectivity index (χ0) is 24.5.